The van der Waals surface area contributed by atoms with E-state index in [2.05, 4.69) is 6.08 Å². The average molecular weight is 142 g/mol. The van der Waals surface area contributed by atoms with Crippen LogP contribution in [0.1, 0.15) is 20.3 Å². The molecule has 0 N–H and O–H groups in total. The summed E-state index contributed by atoms with van der Waals surface area (Å²) in [6, 6.07) is 0. The van der Waals surface area contributed by atoms with E-state index in [0.717, 1.165) is 12.7 Å². The molecule has 0 aromatic rings. The Bertz CT molecular complexity index is 112. The lowest BCUT2D eigenvalue weighted by Gasteiger charge is -1.94. The maximum atomic E-state index is 9.76. The van der Waals surface area contributed by atoms with Gasteiger partial charge in [0.2, 0.25) is 0 Å². The van der Waals surface area contributed by atoms with Crippen molar-refractivity contribution in [1.29, 1.82) is 0 Å². The highest BCUT2D eigenvalue weighted by molar-refractivity contribution is 5.50. The zero-order chi connectivity index (χ0) is 7.82. The second-order valence-electron chi connectivity index (χ2n) is 2.31. The summed E-state index contributed by atoms with van der Waals surface area (Å²) in [6.45, 7) is 4.94. The third kappa shape index (κ3) is 7.37. The van der Waals surface area contributed by atoms with Crippen LogP contribution in [0.5, 0.6) is 0 Å². The molecular formula is C8H14O2. The van der Waals surface area contributed by atoms with Gasteiger partial charge in [-0.15, -0.1) is 0 Å². The molecule has 0 heterocycles. The van der Waals surface area contributed by atoms with Crippen molar-refractivity contribution in [2.45, 2.75) is 20.3 Å². The number of hydrogen-bond acceptors (Lipinski definition) is 2. The standard InChI is InChI=1S/C8H14O2/c1-8(2)4-3-6-10-7-5-9/h4-5H,3,6-7H2,1-2H3. The van der Waals surface area contributed by atoms with E-state index < -0.39 is 0 Å². The smallest absolute Gasteiger partial charge is 0.145 e. The zero-order valence-corrected chi connectivity index (χ0v) is 6.59. The fraction of sp³-hybridized carbons (Fsp3) is 0.625. The number of carbonyl (C=O) groups is 1. The summed E-state index contributed by atoms with van der Waals surface area (Å²) in [7, 11) is 0. The highest BCUT2D eigenvalue weighted by atomic mass is 16.5. The van der Waals surface area contributed by atoms with E-state index in [4.69, 9.17) is 4.74 Å². The molecule has 2 nitrogen and oxygen atoms in total. The van der Waals surface area contributed by atoms with Gasteiger partial charge in [0, 0.05) is 0 Å². The topological polar surface area (TPSA) is 26.3 Å². The first-order chi connectivity index (χ1) is 4.77. The van der Waals surface area contributed by atoms with Crippen molar-refractivity contribution < 1.29 is 9.53 Å². The van der Waals surface area contributed by atoms with Crippen molar-refractivity contribution in [2.75, 3.05) is 13.2 Å². The van der Waals surface area contributed by atoms with Crippen LogP contribution in [0, 0.1) is 0 Å². The van der Waals surface area contributed by atoms with Crippen molar-refractivity contribution in [3.05, 3.63) is 11.6 Å². The first-order valence-corrected chi connectivity index (χ1v) is 3.42. The minimum Gasteiger partial charge on any atom is -0.374 e. The first-order valence-electron chi connectivity index (χ1n) is 3.42. The average Bonchev–Trinajstić information content (AvgIpc) is 1.87. The summed E-state index contributed by atoms with van der Waals surface area (Å²) in [5, 5.41) is 0. The summed E-state index contributed by atoms with van der Waals surface area (Å²) < 4.78 is 4.92. The van der Waals surface area contributed by atoms with E-state index in [-0.39, 0.29) is 6.61 Å². The third-order valence-electron chi connectivity index (χ3n) is 1.00. The molecule has 10 heavy (non-hydrogen) atoms. The highest BCUT2D eigenvalue weighted by Crippen LogP contribution is 1.92. The quantitative estimate of drug-likeness (QED) is 0.331. The fourth-order valence-corrected chi connectivity index (χ4v) is 0.562. The Hall–Kier alpha value is -0.630. The van der Waals surface area contributed by atoms with Crippen molar-refractivity contribution in [2.24, 2.45) is 0 Å². The Labute approximate surface area is 61.9 Å². The van der Waals surface area contributed by atoms with E-state index >= 15 is 0 Å². The minimum atomic E-state index is 0.219. The molecule has 0 spiro atoms. The number of ether oxygens (including phenoxy) is 1. The van der Waals surface area contributed by atoms with Gasteiger partial charge in [0.05, 0.1) is 6.61 Å². The highest BCUT2D eigenvalue weighted by Gasteiger charge is 1.82. The van der Waals surface area contributed by atoms with Gasteiger partial charge in [-0.1, -0.05) is 11.6 Å². The lowest BCUT2D eigenvalue weighted by atomic mass is 10.3. The second-order valence-corrected chi connectivity index (χ2v) is 2.31. The van der Waals surface area contributed by atoms with Crippen LogP contribution in [-0.2, 0) is 9.53 Å². The molecule has 0 radical (unpaired) electrons. The van der Waals surface area contributed by atoms with Crippen LogP contribution >= 0.6 is 0 Å². The van der Waals surface area contributed by atoms with E-state index in [1.165, 1.54) is 5.57 Å². The summed E-state index contributed by atoms with van der Waals surface area (Å²) in [5.41, 5.74) is 1.29. The van der Waals surface area contributed by atoms with Crippen molar-refractivity contribution in [1.82, 2.24) is 0 Å². The second kappa shape index (κ2) is 6.49. The molecule has 0 fully saturated rings. The first kappa shape index (κ1) is 9.37. The summed E-state index contributed by atoms with van der Waals surface area (Å²) in [5.74, 6) is 0. The molecule has 0 aliphatic heterocycles. The van der Waals surface area contributed by atoms with Gasteiger partial charge in [-0.2, -0.15) is 0 Å². The predicted octanol–water partition coefficient (Wildman–Crippen LogP) is 1.56. The Morgan fingerprint density at radius 1 is 1.50 bits per heavy atom. The molecule has 0 atom stereocenters. The Morgan fingerprint density at radius 3 is 2.70 bits per heavy atom. The SMILES string of the molecule is CC(C)=CCCOCC=O. The van der Waals surface area contributed by atoms with Gasteiger partial charge in [0.15, 0.2) is 0 Å². The molecule has 0 aliphatic rings. The zero-order valence-electron chi connectivity index (χ0n) is 6.59. The van der Waals surface area contributed by atoms with Crippen molar-refractivity contribution in [3.8, 4) is 0 Å². The number of rotatable bonds is 5. The van der Waals surface area contributed by atoms with Crippen LogP contribution in [0.25, 0.3) is 0 Å². The number of allylic oxidation sites excluding steroid dienone is 1. The van der Waals surface area contributed by atoms with Crippen molar-refractivity contribution >= 4 is 6.29 Å². The van der Waals surface area contributed by atoms with Crippen LogP contribution < -0.4 is 0 Å². The van der Waals surface area contributed by atoms with Crippen LogP contribution in [0.15, 0.2) is 11.6 Å². The van der Waals surface area contributed by atoms with Gasteiger partial charge in [-0.3, -0.25) is 0 Å². The van der Waals surface area contributed by atoms with E-state index in [0.29, 0.717) is 6.61 Å². The van der Waals surface area contributed by atoms with Gasteiger partial charge in [0.25, 0.3) is 0 Å². The van der Waals surface area contributed by atoms with E-state index in [1.807, 2.05) is 13.8 Å². The normalized spacial score (nSPS) is 9.00. The molecule has 0 saturated carbocycles. The number of hydrogen-bond donors (Lipinski definition) is 0. The van der Waals surface area contributed by atoms with Gasteiger partial charge in [0.1, 0.15) is 12.9 Å². The van der Waals surface area contributed by atoms with Crippen molar-refractivity contribution in [3.63, 3.8) is 0 Å². The molecule has 0 rings (SSSR count). The molecule has 0 unspecified atom stereocenters. The molecule has 0 aromatic carbocycles. The Balaban J connectivity index is 3.05. The van der Waals surface area contributed by atoms with Crippen LogP contribution in [0.2, 0.25) is 0 Å². The van der Waals surface area contributed by atoms with Gasteiger partial charge in [-0.05, 0) is 20.3 Å². The molecule has 2 heteroatoms. The van der Waals surface area contributed by atoms with Gasteiger partial charge < -0.3 is 9.53 Å². The molecular weight excluding hydrogens is 128 g/mol. The molecule has 0 saturated heterocycles. The van der Waals surface area contributed by atoms with Crippen LogP contribution in [0.4, 0.5) is 0 Å². The molecule has 0 aliphatic carbocycles. The lowest BCUT2D eigenvalue weighted by molar-refractivity contribution is -0.111. The predicted molar refractivity (Wildman–Crippen MR) is 40.9 cm³/mol. The molecule has 0 aromatic heterocycles. The Kier molecular flexibility index (Phi) is 6.08. The number of carbonyl (C=O) groups excluding carboxylic acids is 1. The molecule has 0 amide bonds. The number of aldehydes is 1. The molecule has 58 valence electrons. The molecule has 0 bridgehead atoms. The van der Waals surface area contributed by atoms with Crippen LogP contribution in [0.3, 0.4) is 0 Å². The summed E-state index contributed by atoms with van der Waals surface area (Å²) in [6.07, 6.45) is 3.75. The lowest BCUT2D eigenvalue weighted by Crippen LogP contribution is -1.95. The largest absolute Gasteiger partial charge is 0.374 e. The van der Waals surface area contributed by atoms with Crippen LogP contribution in [-0.4, -0.2) is 19.5 Å². The maximum Gasteiger partial charge on any atom is 0.145 e. The summed E-state index contributed by atoms with van der Waals surface area (Å²) >= 11 is 0. The fourth-order valence-electron chi connectivity index (χ4n) is 0.562. The summed E-state index contributed by atoms with van der Waals surface area (Å²) in [4.78, 5) is 9.76. The Morgan fingerprint density at radius 2 is 2.20 bits per heavy atom. The van der Waals surface area contributed by atoms with E-state index in [1.54, 1.807) is 0 Å². The monoisotopic (exact) mass is 142 g/mol. The third-order valence-corrected chi connectivity index (χ3v) is 1.00. The minimum absolute atomic E-state index is 0.219. The van der Waals surface area contributed by atoms with Gasteiger partial charge >= 0.3 is 0 Å². The van der Waals surface area contributed by atoms with E-state index in [9.17, 15) is 4.79 Å². The van der Waals surface area contributed by atoms with Gasteiger partial charge in [-0.25, -0.2) is 0 Å². The maximum absolute atomic E-state index is 9.76.